The number of aliphatic hydroxyl groups is 1. The van der Waals surface area contributed by atoms with Crippen LogP contribution in [-0.4, -0.2) is 45.8 Å². The van der Waals surface area contributed by atoms with Crippen LogP contribution < -0.4 is 9.47 Å². The van der Waals surface area contributed by atoms with E-state index >= 15 is 0 Å². The molecule has 1 aromatic rings. The molecule has 2 unspecified atom stereocenters. The second kappa shape index (κ2) is 7.47. The molecule has 1 aliphatic rings. The standard InChI is InChI=1S/C15H22O5/c1-17-12-3-4-13(15(7-12)18-2)14(16)10-20-9-11-5-6-19-8-11/h3-4,7,11,14,16H,5-6,8-10H2,1-2H3. The van der Waals surface area contributed by atoms with Crippen molar-refractivity contribution in [1.82, 2.24) is 0 Å². The number of hydrogen-bond donors (Lipinski definition) is 1. The third-order valence-corrected chi connectivity index (χ3v) is 3.45. The molecule has 0 radical (unpaired) electrons. The van der Waals surface area contributed by atoms with E-state index in [-0.39, 0.29) is 6.61 Å². The van der Waals surface area contributed by atoms with E-state index in [9.17, 15) is 5.11 Å². The van der Waals surface area contributed by atoms with Crippen LogP contribution in [0, 0.1) is 5.92 Å². The first-order valence-corrected chi connectivity index (χ1v) is 6.80. The quantitative estimate of drug-likeness (QED) is 0.826. The summed E-state index contributed by atoms with van der Waals surface area (Å²) in [5, 5.41) is 10.2. The van der Waals surface area contributed by atoms with E-state index in [1.165, 1.54) is 0 Å². The molecular weight excluding hydrogens is 260 g/mol. The van der Waals surface area contributed by atoms with Gasteiger partial charge in [0.2, 0.25) is 0 Å². The van der Waals surface area contributed by atoms with Crippen molar-refractivity contribution in [3.8, 4) is 11.5 Å². The summed E-state index contributed by atoms with van der Waals surface area (Å²) in [7, 11) is 3.17. The van der Waals surface area contributed by atoms with Crippen molar-refractivity contribution in [2.45, 2.75) is 12.5 Å². The van der Waals surface area contributed by atoms with Crippen LogP contribution in [0.3, 0.4) is 0 Å². The van der Waals surface area contributed by atoms with Crippen molar-refractivity contribution in [2.24, 2.45) is 5.92 Å². The third-order valence-electron chi connectivity index (χ3n) is 3.45. The van der Waals surface area contributed by atoms with E-state index in [0.717, 1.165) is 19.6 Å². The van der Waals surface area contributed by atoms with Crippen molar-refractivity contribution >= 4 is 0 Å². The highest BCUT2D eigenvalue weighted by Gasteiger charge is 2.18. The number of hydrogen-bond acceptors (Lipinski definition) is 5. The first-order chi connectivity index (χ1) is 9.74. The van der Waals surface area contributed by atoms with Gasteiger partial charge in [0.25, 0.3) is 0 Å². The average molecular weight is 282 g/mol. The molecule has 0 amide bonds. The molecule has 1 heterocycles. The van der Waals surface area contributed by atoms with Crippen molar-refractivity contribution < 1.29 is 24.1 Å². The maximum Gasteiger partial charge on any atom is 0.128 e. The van der Waals surface area contributed by atoms with E-state index in [1.807, 2.05) is 0 Å². The van der Waals surface area contributed by atoms with Crippen LogP contribution in [-0.2, 0) is 9.47 Å². The molecule has 1 N–H and O–H groups in total. The Labute approximate surface area is 119 Å². The molecule has 20 heavy (non-hydrogen) atoms. The van der Waals surface area contributed by atoms with Crippen molar-refractivity contribution in [3.63, 3.8) is 0 Å². The molecule has 1 saturated heterocycles. The van der Waals surface area contributed by atoms with E-state index in [1.54, 1.807) is 32.4 Å². The zero-order chi connectivity index (χ0) is 14.4. The van der Waals surface area contributed by atoms with E-state index < -0.39 is 6.10 Å². The lowest BCUT2D eigenvalue weighted by atomic mass is 10.1. The molecule has 5 nitrogen and oxygen atoms in total. The second-order valence-corrected chi connectivity index (χ2v) is 4.89. The monoisotopic (exact) mass is 282 g/mol. The van der Waals surface area contributed by atoms with Gasteiger partial charge in [0.1, 0.15) is 17.6 Å². The number of benzene rings is 1. The van der Waals surface area contributed by atoms with E-state index in [0.29, 0.717) is 29.6 Å². The van der Waals surface area contributed by atoms with Crippen molar-refractivity contribution in [2.75, 3.05) is 40.6 Å². The highest BCUT2D eigenvalue weighted by atomic mass is 16.5. The maximum atomic E-state index is 10.2. The lowest BCUT2D eigenvalue weighted by Gasteiger charge is -2.17. The predicted octanol–water partition coefficient (Wildman–Crippen LogP) is 1.79. The summed E-state index contributed by atoms with van der Waals surface area (Å²) in [4.78, 5) is 0. The minimum absolute atomic E-state index is 0.249. The Balaban J connectivity index is 1.88. The SMILES string of the molecule is COc1ccc(C(O)COCC2CCOC2)c(OC)c1. The lowest BCUT2D eigenvalue weighted by Crippen LogP contribution is -2.14. The van der Waals surface area contributed by atoms with E-state index in [4.69, 9.17) is 18.9 Å². The fraction of sp³-hybridized carbons (Fsp3) is 0.600. The molecular formula is C15H22O5. The molecule has 1 aromatic carbocycles. The van der Waals surface area contributed by atoms with Crippen molar-refractivity contribution in [1.29, 1.82) is 0 Å². The Bertz CT molecular complexity index is 415. The number of ether oxygens (including phenoxy) is 4. The first kappa shape index (κ1) is 15.1. The molecule has 1 aliphatic heterocycles. The minimum Gasteiger partial charge on any atom is -0.497 e. The van der Waals surface area contributed by atoms with Gasteiger partial charge in [-0.1, -0.05) is 0 Å². The molecule has 0 aromatic heterocycles. The lowest BCUT2D eigenvalue weighted by molar-refractivity contribution is 0.0175. The van der Waals surface area contributed by atoms with Crippen LogP contribution >= 0.6 is 0 Å². The van der Waals surface area contributed by atoms with Crippen molar-refractivity contribution in [3.05, 3.63) is 23.8 Å². The van der Waals surface area contributed by atoms with Crippen LogP contribution in [0.25, 0.3) is 0 Å². The Hall–Kier alpha value is -1.30. The summed E-state index contributed by atoms with van der Waals surface area (Å²) in [5.74, 6) is 1.74. The van der Waals surface area contributed by atoms with Gasteiger partial charge in [-0.25, -0.2) is 0 Å². The smallest absolute Gasteiger partial charge is 0.128 e. The van der Waals surface area contributed by atoms with Gasteiger partial charge in [-0.15, -0.1) is 0 Å². The zero-order valence-corrected chi connectivity index (χ0v) is 12.0. The molecule has 5 heteroatoms. The Morgan fingerprint density at radius 2 is 2.20 bits per heavy atom. The number of aliphatic hydroxyl groups excluding tert-OH is 1. The first-order valence-electron chi connectivity index (χ1n) is 6.80. The Morgan fingerprint density at radius 1 is 1.35 bits per heavy atom. The van der Waals surface area contributed by atoms with Crippen LogP contribution in [0.1, 0.15) is 18.1 Å². The fourth-order valence-electron chi connectivity index (χ4n) is 2.24. The summed E-state index contributed by atoms with van der Waals surface area (Å²) >= 11 is 0. The molecule has 0 spiro atoms. The largest absolute Gasteiger partial charge is 0.497 e. The average Bonchev–Trinajstić information content (AvgIpc) is 2.99. The summed E-state index contributed by atoms with van der Waals surface area (Å²) in [6, 6.07) is 5.35. The number of rotatable bonds is 7. The summed E-state index contributed by atoms with van der Waals surface area (Å²) in [5.41, 5.74) is 0.705. The fourth-order valence-corrected chi connectivity index (χ4v) is 2.24. The Kier molecular flexibility index (Phi) is 5.64. The van der Waals surface area contributed by atoms with Gasteiger partial charge in [0, 0.05) is 24.2 Å². The van der Waals surface area contributed by atoms with Crippen LogP contribution in [0.2, 0.25) is 0 Å². The minimum atomic E-state index is -0.710. The zero-order valence-electron chi connectivity index (χ0n) is 12.0. The van der Waals surface area contributed by atoms with Gasteiger partial charge in [0.15, 0.2) is 0 Å². The maximum absolute atomic E-state index is 10.2. The van der Waals surface area contributed by atoms with Gasteiger partial charge in [-0.05, 0) is 18.6 Å². The molecule has 0 saturated carbocycles. The van der Waals surface area contributed by atoms with Gasteiger partial charge in [-0.3, -0.25) is 0 Å². The van der Waals surface area contributed by atoms with Gasteiger partial charge >= 0.3 is 0 Å². The van der Waals surface area contributed by atoms with Gasteiger partial charge in [0.05, 0.1) is 34.0 Å². The third kappa shape index (κ3) is 3.85. The predicted molar refractivity (Wildman–Crippen MR) is 74.3 cm³/mol. The van der Waals surface area contributed by atoms with Crippen LogP contribution in [0.4, 0.5) is 0 Å². The molecule has 0 bridgehead atoms. The summed E-state index contributed by atoms with van der Waals surface area (Å²) in [6.07, 6.45) is 0.320. The normalized spacial score (nSPS) is 19.9. The van der Waals surface area contributed by atoms with Crippen LogP contribution in [0.15, 0.2) is 18.2 Å². The topological polar surface area (TPSA) is 57.2 Å². The molecule has 2 atom stereocenters. The summed E-state index contributed by atoms with van der Waals surface area (Å²) in [6.45, 7) is 2.43. The van der Waals surface area contributed by atoms with Gasteiger partial charge < -0.3 is 24.1 Å². The van der Waals surface area contributed by atoms with Gasteiger partial charge in [-0.2, -0.15) is 0 Å². The molecule has 2 rings (SSSR count). The molecule has 112 valence electrons. The van der Waals surface area contributed by atoms with E-state index in [2.05, 4.69) is 0 Å². The highest BCUT2D eigenvalue weighted by Crippen LogP contribution is 2.29. The second-order valence-electron chi connectivity index (χ2n) is 4.89. The summed E-state index contributed by atoms with van der Waals surface area (Å²) < 4.78 is 21.3. The Morgan fingerprint density at radius 3 is 2.85 bits per heavy atom. The highest BCUT2D eigenvalue weighted by molar-refractivity contribution is 5.41. The van der Waals surface area contributed by atoms with Crippen LogP contribution in [0.5, 0.6) is 11.5 Å². The molecule has 0 aliphatic carbocycles. The number of methoxy groups -OCH3 is 2. The molecule has 1 fully saturated rings.